The highest BCUT2D eigenvalue weighted by Gasteiger charge is 2.11. The van der Waals surface area contributed by atoms with Gasteiger partial charge in [-0.25, -0.2) is 4.79 Å². The standard InChI is InChI=1S/C14H13N3O3/c1-19-12-4-3-9(7-13(12)20-2)17-11-5-6-15-8-10(11)16-14(17)18/h3-8H,1-2H3,(H,16,18). The van der Waals surface area contributed by atoms with Crippen molar-refractivity contribution in [2.45, 2.75) is 0 Å². The van der Waals surface area contributed by atoms with Gasteiger partial charge in [-0.1, -0.05) is 0 Å². The number of rotatable bonds is 3. The van der Waals surface area contributed by atoms with Gasteiger partial charge in [0.1, 0.15) is 0 Å². The number of aromatic nitrogens is 3. The lowest BCUT2D eigenvalue weighted by atomic mass is 10.2. The van der Waals surface area contributed by atoms with E-state index >= 15 is 0 Å². The second-order valence-electron chi connectivity index (χ2n) is 4.20. The van der Waals surface area contributed by atoms with Crippen molar-refractivity contribution in [3.05, 3.63) is 47.1 Å². The normalized spacial score (nSPS) is 10.7. The first-order valence-electron chi connectivity index (χ1n) is 6.01. The minimum Gasteiger partial charge on any atom is -0.493 e. The molecular weight excluding hydrogens is 258 g/mol. The summed E-state index contributed by atoms with van der Waals surface area (Å²) < 4.78 is 12.0. The Balaban J connectivity index is 2.26. The SMILES string of the molecule is COc1ccc(-n2c(=O)[nH]c3cnccc32)cc1OC. The Morgan fingerprint density at radius 1 is 1.15 bits per heavy atom. The van der Waals surface area contributed by atoms with Crippen molar-refractivity contribution in [1.29, 1.82) is 0 Å². The number of hydrogen-bond acceptors (Lipinski definition) is 4. The molecule has 1 N–H and O–H groups in total. The molecule has 0 radical (unpaired) electrons. The van der Waals surface area contributed by atoms with Crippen molar-refractivity contribution in [1.82, 2.24) is 14.5 Å². The third kappa shape index (κ3) is 1.82. The Morgan fingerprint density at radius 3 is 2.70 bits per heavy atom. The number of nitrogens with one attached hydrogen (secondary N) is 1. The molecular formula is C14H13N3O3. The van der Waals surface area contributed by atoms with E-state index in [9.17, 15) is 4.79 Å². The van der Waals surface area contributed by atoms with E-state index in [4.69, 9.17) is 9.47 Å². The van der Waals surface area contributed by atoms with E-state index in [0.717, 1.165) is 5.52 Å². The third-order valence-corrected chi connectivity index (χ3v) is 3.11. The summed E-state index contributed by atoms with van der Waals surface area (Å²) in [5.41, 5.74) is 1.93. The summed E-state index contributed by atoms with van der Waals surface area (Å²) in [6.07, 6.45) is 3.26. The Labute approximate surface area is 114 Å². The molecule has 2 aromatic heterocycles. The first kappa shape index (κ1) is 12.3. The third-order valence-electron chi connectivity index (χ3n) is 3.11. The van der Waals surface area contributed by atoms with Crippen LogP contribution in [0.4, 0.5) is 0 Å². The number of hydrogen-bond donors (Lipinski definition) is 1. The number of ether oxygens (including phenoxy) is 2. The zero-order valence-electron chi connectivity index (χ0n) is 11.1. The zero-order valence-corrected chi connectivity index (χ0v) is 11.1. The van der Waals surface area contributed by atoms with Crippen molar-refractivity contribution >= 4 is 11.0 Å². The number of H-pyrrole nitrogens is 1. The number of pyridine rings is 1. The molecule has 0 saturated carbocycles. The molecule has 3 rings (SSSR count). The Hall–Kier alpha value is -2.76. The maximum atomic E-state index is 12.1. The fraction of sp³-hybridized carbons (Fsp3) is 0.143. The highest BCUT2D eigenvalue weighted by atomic mass is 16.5. The van der Waals surface area contributed by atoms with Crippen LogP contribution >= 0.6 is 0 Å². The molecule has 0 unspecified atom stereocenters. The molecule has 0 saturated heterocycles. The summed E-state index contributed by atoms with van der Waals surface area (Å²) in [7, 11) is 3.13. The summed E-state index contributed by atoms with van der Waals surface area (Å²) in [5.74, 6) is 1.19. The molecule has 0 aliphatic rings. The zero-order chi connectivity index (χ0) is 14.1. The van der Waals surface area contributed by atoms with Gasteiger partial charge in [0.05, 0.1) is 37.1 Å². The maximum Gasteiger partial charge on any atom is 0.331 e. The van der Waals surface area contributed by atoms with Gasteiger partial charge in [-0.15, -0.1) is 0 Å². The number of nitrogens with zero attached hydrogens (tertiary/aromatic N) is 2. The van der Waals surface area contributed by atoms with E-state index in [1.165, 1.54) is 0 Å². The molecule has 0 atom stereocenters. The monoisotopic (exact) mass is 271 g/mol. The topological polar surface area (TPSA) is 69.1 Å². The van der Waals surface area contributed by atoms with Crippen LogP contribution in [0.3, 0.4) is 0 Å². The van der Waals surface area contributed by atoms with Gasteiger partial charge in [0.15, 0.2) is 11.5 Å². The molecule has 0 spiro atoms. The average molecular weight is 271 g/mol. The lowest BCUT2D eigenvalue weighted by molar-refractivity contribution is 0.355. The predicted octanol–water partition coefficient (Wildman–Crippen LogP) is 1.73. The first-order valence-corrected chi connectivity index (χ1v) is 6.01. The molecule has 0 aliphatic carbocycles. The molecule has 0 amide bonds. The van der Waals surface area contributed by atoms with Crippen LogP contribution in [-0.4, -0.2) is 28.8 Å². The van der Waals surface area contributed by atoms with Gasteiger partial charge in [-0.2, -0.15) is 0 Å². The minimum atomic E-state index is -0.222. The van der Waals surface area contributed by atoms with Gasteiger partial charge >= 0.3 is 5.69 Å². The number of imidazole rings is 1. The van der Waals surface area contributed by atoms with Crippen LogP contribution in [0.25, 0.3) is 16.7 Å². The molecule has 6 nitrogen and oxygen atoms in total. The molecule has 2 heterocycles. The first-order chi connectivity index (χ1) is 9.74. The molecule has 0 aliphatic heterocycles. The van der Waals surface area contributed by atoms with Crippen LogP contribution in [0, 0.1) is 0 Å². The summed E-state index contributed by atoms with van der Waals surface area (Å²) >= 11 is 0. The second-order valence-corrected chi connectivity index (χ2v) is 4.20. The fourth-order valence-corrected chi connectivity index (χ4v) is 2.18. The smallest absolute Gasteiger partial charge is 0.331 e. The lowest BCUT2D eigenvalue weighted by Crippen LogP contribution is -2.14. The second kappa shape index (κ2) is 4.73. The van der Waals surface area contributed by atoms with Crippen molar-refractivity contribution < 1.29 is 9.47 Å². The molecule has 0 bridgehead atoms. The van der Waals surface area contributed by atoms with Gasteiger partial charge < -0.3 is 14.5 Å². The van der Waals surface area contributed by atoms with E-state index in [0.29, 0.717) is 22.7 Å². The number of methoxy groups -OCH3 is 2. The Bertz CT molecular complexity index is 820. The number of aromatic amines is 1. The van der Waals surface area contributed by atoms with Crippen molar-refractivity contribution in [3.8, 4) is 17.2 Å². The molecule has 1 aromatic carbocycles. The van der Waals surface area contributed by atoms with Gasteiger partial charge in [-0.05, 0) is 18.2 Å². The summed E-state index contributed by atoms with van der Waals surface area (Å²) in [5, 5.41) is 0. The molecule has 102 valence electrons. The van der Waals surface area contributed by atoms with E-state index in [-0.39, 0.29) is 5.69 Å². The van der Waals surface area contributed by atoms with E-state index in [2.05, 4.69) is 9.97 Å². The van der Waals surface area contributed by atoms with Gasteiger partial charge in [0, 0.05) is 12.3 Å². The Morgan fingerprint density at radius 2 is 1.95 bits per heavy atom. The van der Waals surface area contributed by atoms with Crippen LogP contribution in [0.2, 0.25) is 0 Å². The largest absolute Gasteiger partial charge is 0.493 e. The van der Waals surface area contributed by atoms with Crippen LogP contribution in [0.15, 0.2) is 41.5 Å². The highest BCUT2D eigenvalue weighted by molar-refractivity contribution is 5.76. The van der Waals surface area contributed by atoms with Crippen LogP contribution < -0.4 is 15.2 Å². The predicted molar refractivity (Wildman–Crippen MR) is 74.8 cm³/mol. The van der Waals surface area contributed by atoms with Crippen LogP contribution in [0.5, 0.6) is 11.5 Å². The van der Waals surface area contributed by atoms with E-state index in [1.54, 1.807) is 55.4 Å². The minimum absolute atomic E-state index is 0.222. The molecule has 6 heteroatoms. The summed E-state index contributed by atoms with van der Waals surface area (Å²) in [4.78, 5) is 18.9. The lowest BCUT2D eigenvalue weighted by Gasteiger charge is -2.10. The van der Waals surface area contributed by atoms with Crippen molar-refractivity contribution in [3.63, 3.8) is 0 Å². The van der Waals surface area contributed by atoms with Crippen LogP contribution in [0.1, 0.15) is 0 Å². The average Bonchev–Trinajstić information content (AvgIpc) is 2.82. The summed E-state index contributed by atoms with van der Waals surface area (Å²) in [6, 6.07) is 7.11. The van der Waals surface area contributed by atoms with Gasteiger partial charge in [0.2, 0.25) is 0 Å². The molecule has 3 aromatic rings. The van der Waals surface area contributed by atoms with Gasteiger partial charge in [-0.3, -0.25) is 9.55 Å². The maximum absolute atomic E-state index is 12.1. The van der Waals surface area contributed by atoms with Crippen LogP contribution in [-0.2, 0) is 0 Å². The van der Waals surface area contributed by atoms with Gasteiger partial charge in [0.25, 0.3) is 0 Å². The van der Waals surface area contributed by atoms with E-state index in [1.807, 2.05) is 0 Å². The quantitative estimate of drug-likeness (QED) is 0.787. The number of fused-ring (bicyclic) bond motifs is 1. The van der Waals surface area contributed by atoms with Crippen molar-refractivity contribution in [2.75, 3.05) is 14.2 Å². The number of benzene rings is 1. The van der Waals surface area contributed by atoms with E-state index < -0.39 is 0 Å². The highest BCUT2D eigenvalue weighted by Crippen LogP contribution is 2.29. The molecule has 0 fully saturated rings. The molecule has 20 heavy (non-hydrogen) atoms. The van der Waals surface area contributed by atoms with Crippen molar-refractivity contribution in [2.24, 2.45) is 0 Å². The Kier molecular flexibility index (Phi) is 2.90. The summed E-state index contributed by atoms with van der Waals surface area (Å²) in [6.45, 7) is 0. The fourth-order valence-electron chi connectivity index (χ4n) is 2.18.